The number of fused-ring (bicyclic) bond motifs is 6. The quantitative estimate of drug-likeness (QED) is 0.724. The van der Waals surface area contributed by atoms with Crippen LogP contribution in [0.4, 0.5) is 5.69 Å². The van der Waals surface area contributed by atoms with E-state index in [1.165, 1.54) is 36.3 Å². The summed E-state index contributed by atoms with van der Waals surface area (Å²) in [4.78, 5) is 11.8. The topological polar surface area (TPSA) is 60.0 Å². The molecule has 3 aliphatic rings. The lowest BCUT2D eigenvalue weighted by molar-refractivity contribution is 0.421. The van der Waals surface area contributed by atoms with E-state index in [0.29, 0.717) is 17.9 Å². The third-order valence-electron chi connectivity index (χ3n) is 5.41. The third kappa shape index (κ3) is 1.63. The van der Waals surface area contributed by atoms with Gasteiger partial charge in [-0.1, -0.05) is 17.3 Å². The van der Waals surface area contributed by atoms with Crippen molar-refractivity contribution < 1.29 is 4.52 Å². The van der Waals surface area contributed by atoms with E-state index in [-0.39, 0.29) is 0 Å². The van der Waals surface area contributed by atoms with Crippen LogP contribution in [0, 0.1) is 0 Å². The van der Waals surface area contributed by atoms with Gasteiger partial charge in [0.1, 0.15) is 6.33 Å². The van der Waals surface area contributed by atoms with Gasteiger partial charge in [0.05, 0.1) is 23.1 Å². The largest absolute Gasteiger partial charge is 0.361 e. The highest BCUT2D eigenvalue weighted by atomic mass is 16.5. The summed E-state index contributed by atoms with van der Waals surface area (Å²) in [6, 6.07) is 8.89. The molecule has 0 spiro atoms. The molecule has 1 saturated heterocycles. The lowest BCUT2D eigenvalue weighted by Gasteiger charge is -2.34. The predicted molar refractivity (Wildman–Crippen MR) is 88.2 cm³/mol. The van der Waals surface area contributed by atoms with Crippen LogP contribution in [0.15, 0.2) is 35.1 Å². The Morgan fingerprint density at radius 3 is 2.83 bits per heavy atom. The summed E-state index contributed by atoms with van der Waals surface area (Å²) in [6.45, 7) is 1.09. The predicted octanol–water partition coefficient (Wildman–Crippen LogP) is 3.45. The van der Waals surface area contributed by atoms with Crippen molar-refractivity contribution in [2.75, 3.05) is 11.4 Å². The molecular weight excluding hydrogens is 302 g/mol. The second-order valence-corrected chi connectivity index (χ2v) is 6.92. The molecule has 3 aromatic rings. The molecular formula is C18H17N5O. The van der Waals surface area contributed by atoms with Gasteiger partial charge >= 0.3 is 0 Å². The molecule has 0 N–H and O–H groups in total. The minimum atomic E-state index is 0.341. The van der Waals surface area contributed by atoms with Crippen LogP contribution >= 0.6 is 0 Å². The molecule has 1 atom stereocenters. The molecule has 1 saturated carbocycles. The van der Waals surface area contributed by atoms with Gasteiger partial charge in [-0.05, 0) is 37.8 Å². The smallest absolute Gasteiger partial charge is 0.278 e. The molecule has 24 heavy (non-hydrogen) atoms. The Hall–Kier alpha value is -2.63. The summed E-state index contributed by atoms with van der Waals surface area (Å²) in [6.07, 6.45) is 6.58. The average molecular weight is 319 g/mol. The molecule has 1 aromatic carbocycles. The number of aromatic nitrogens is 4. The van der Waals surface area contributed by atoms with Crippen LogP contribution in [0.3, 0.4) is 0 Å². The van der Waals surface area contributed by atoms with Crippen LogP contribution < -0.4 is 4.90 Å². The maximum absolute atomic E-state index is 5.56. The SMILES string of the molecule is c1ccc2c(c1)N1CCCC1c1c(-c3nc(C4CC4)no3)ncn1-2. The van der Waals surface area contributed by atoms with E-state index >= 15 is 0 Å². The summed E-state index contributed by atoms with van der Waals surface area (Å²) in [5.41, 5.74) is 4.52. The van der Waals surface area contributed by atoms with E-state index in [4.69, 9.17) is 4.52 Å². The molecule has 2 aliphatic heterocycles. The number of nitrogens with zero attached hydrogens (tertiary/aromatic N) is 5. The fourth-order valence-corrected chi connectivity index (χ4v) is 4.12. The van der Waals surface area contributed by atoms with E-state index in [9.17, 15) is 0 Å². The first-order valence-corrected chi connectivity index (χ1v) is 8.67. The van der Waals surface area contributed by atoms with Crippen molar-refractivity contribution in [2.45, 2.75) is 37.6 Å². The number of para-hydroxylation sites is 2. The van der Waals surface area contributed by atoms with E-state index in [2.05, 4.69) is 48.9 Å². The molecule has 6 rings (SSSR count). The number of rotatable bonds is 2. The molecule has 6 nitrogen and oxygen atoms in total. The highest BCUT2D eigenvalue weighted by molar-refractivity contribution is 5.71. The fourth-order valence-electron chi connectivity index (χ4n) is 4.12. The number of anilines is 1. The Balaban J connectivity index is 1.55. The van der Waals surface area contributed by atoms with Crippen molar-refractivity contribution in [1.29, 1.82) is 0 Å². The standard InChI is InChI=1S/C18H17N5O/c1-2-5-13-12(4-1)22-9-3-6-14(22)16-15(19-10-23(13)16)18-20-17(21-24-18)11-7-8-11/h1-2,4-5,10-11,14H,3,6-9H2. The summed E-state index contributed by atoms with van der Waals surface area (Å²) in [7, 11) is 0. The van der Waals surface area contributed by atoms with Gasteiger partial charge in [-0.15, -0.1) is 0 Å². The molecule has 0 amide bonds. The van der Waals surface area contributed by atoms with Crippen molar-refractivity contribution in [1.82, 2.24) is 19.7 Å². The normalized spacial score (nSPS) is 21.5. The summed E-state index contributed by atoms with van der Waals surface area (Å²) < 4.78 is 7.76. The lowest BCUT2D eigenvalue weighted by Crippen LogP contribution is -2.29. The Bertz CT molecular complexity index is 939. The van der Waals surface area contributed by atoms with E-state index in [1.807, 2.05) is 6.33 Å². The minimum absolute atomic E-state index is 0.341. The van der Waals surface area contributed by atoms with Crippen LogP contribution in [-0.4, -0.2) is 26.2 Å². The van der Waals surface area contributed by atoms with Crippen LogP contribution in [0.2, 0.25) is 0 Å². The molecule has 4 heterocycles. The molecule has 1 aliphatic carbocycles. The van der Waals surface area contributed by atoms with Crippen LogP contribution in [-0.2, 0) is 0 Å². The zero-order valence-corrected chi connectivity index (χ0v) is 13.2. The van der Waals surface area contributed by atoms with Crippen molar-refractivity contribution in [2.24, 2.45) is 0 Å². The van der Waals surface area contributed by atoms with Crippen LogP contribution in [0.25, 0.3) is 17.3 Å². The number of hydrogen-bond donors (Lipinski definition) is 0. The third-order valence-corrected chi connectivity index (χ3v) is 5.41. The minimum Gasteiger partial charge on any atom is -0.361 e. The van der Waals surface area contributed by atoms with Crippen molar-refractivity contribution in [3.05, 3.63) is 42.1 Å². The van der Waals surface area contributed by atoms with Gasteiger partial charge in [-0.2, -0.15) is 4.98 Å². The summed E-state index contributed by atoms with van der Waals surface area (Å²) in [5.74, 6) is 1.90. The van der Waals surface area contributed by atoms with Gasteiger partial charge in [0.25, 0.3) is 5.89 Å². The highest BCUT2D eigenvalue weighted by Crippen LogP contribution is 2.47. The Morgan fingerprint density at radius 1 is 1.08 bits per heavy atom. The van der Waals surface area contributed by atoms with Gasteiger partial charge < -0.3 is 9.42 Å². The van der Waals surface area contributed by atoms with E-state index in [0.717, 1.165) is 24.5 Å². The number of benzene rings is 1. The van der Waals surface area contributed by atoms with Crippen LogP contribution in [0.5, 0.6) is 0 Å². The fraction of sp³-hybridized carbons (Fsp3) is 0.389. The van der Waals surface area contributed by atoms with Gasteiger partial charge in [-0.25, -0.2) is 4.98 Å². The molecule has 6 heteroatoms. The first-order chi connectivity index (χ1) is 11.9. The van der Waals surface area contributed by atoms with Crippen molar-refractivity contribution in [3.8, 4) is 17.3 Å². The van der Waals surface area contributed by atoms with Gasteiger partial charge in [0.15, 0.2) is 11.5 Å². The Kier molecular flexibility index (Phi) is 2.37. The second-order valence-electron chi connectivity index (χ2n) is 6.92. The maximum Gasteiger partial charge on any atom is 0.278 e. The summed E-state index contributed by atoms with van der Waals surface area (Å²) in [5, 5.41) is 4.16. The van der Waals surface area contributed by atoms with Crippen LogP contribution in [0.1, 0.15) is 49.2 Å². The molecule has 2 aromatic heterocycles. The molecule has 2 fully saturated rings. The van der Waals surface area contributed by atoms with E-state index < -0.39 is 0 Å². The second kappa shape index (κ2) is 4.47. The molecule has 0 bridgehead atoms. The Morgan fingerprint density at radius 2 is 1.96 bits per heavy atom. The van der Waals surface area contributed by atoms with Crippen molar-refractivity contribution in [3.63, 3.8) is 0 Å². The lowest BCUT2D eigenvalue weighted by atomic mass is 10.0. The monoisotopic (exact) mass is 319 g/mol. The maximum atomic E-state index is 5.56. The molecule has 120 valence electrons. The number of imidazole rings is 1. The first kappa shape index (κ1) is 12.8. The van der Waals surface area contributed by atoms with Crippen molar-refractivity contribution >= 4 is 5.69 Å². The number of hydrogen-bond acceptors (Lipinski definition) is 5. The van der Waals surface area contributed by atoms with Gasteiger partial charge in [0, 0.05) is 12.5 Å². The average Bonchev–Trinajstić information content (AvgIpc) is 3.05. The zero-order chi connectivity index (χ0) is 15.7. The molecule has 1 unspecified atom stereocenters. The van der Waals surface area contributed by atoms with E-state index in [1.54, 1.807) is 0 Å². The zero-order valence-electron chi connectivity index (χ0n) is 13.2. The van der Waals surface area contributed by atoms with Gasteiger partial charge in [0.2, 0.25) is 0 Å². The highest BCUT2D eigenvalue weighted by Gasteiger charge is 2.38. The molecule has 0 radical (unpaired) electrons. The summed E-state index contributed by atoms with van der Waals surface area (Å²) >= 11 is 0. The first-order valence-electron chi connectivity index (χ1n) is 8.67. The Labute approximate surface area is 139 Å². The van der Waals surface area contributed by atoms with Gasteiger partial charge in [-0.3, -0.25) is 4.57 Å².